The van der Waals surface area contributed by atoms with E-state index in [1.807, 2.05) is 19.1 Å². The maximum atomic E-state index is 11.9. The van der Waals surface area contributed by atoms with Crippen LogP contribution >= 0.6 is 0 Å². The average molecular weight is 218 g/mol. The van der Waals surface area contributed by atoms with Crippen molar-refractivity contribution < 1.29 is 9.59 Å². The fraction of sp³-hybridized carbons (Fsp3) is 0.333. The number of carbonyl (C=O) groups is 2. The van der Waals surface area contributed by atoms with Crippen molar-refractivity contribution in [2.45, 2.75) is 19.4 Å². The molecule has 4 nitrogen and oxygen atoms in total. The summed E-state index contributed by atoms with van der Waals surface area (Å²) in [6, 6.07) is 5.36. The number of nitrogens with two attached hydrogens (primary N) is 1. The second-order valence-corrected chi connectivity index (χ2v) is 4.14. The van der Waals surface area contributed by atoms with E-state index in [4.69, 9.17) is 5.73 Å². The highest BCUT2D eigenvalue weighted by Gasteiger charge is 2.28. The zero-order valence-electron chi connectivity index (χ0n) is 9.36. The van der Waals surface area contributed by atoms with Gasteiger partial charge in [-0.05, 0) is 24.1 Å². The third-order valence-corrected chi connectivity index (χ3v) is 2.91. The predicted octanol–water partition coefficient (Wildman–Crippen LogP) is 0.861. The van der Waals surface area contributed by atoms with E-state index in [0.717, 1.165) is 16.0 Å². The molecule has 1 aromatic rings. The molecule has 1 aliphatic heterocycles. The van der Waals surface area contributed by atoms with E-state index in [-0.39, 0.29) is 24.3 Å². The van der Waals surface area contributed by atoms with Crippen LogP contribution in [-0.4, -0.2) is 23.8 Å². The Morgan fingerprint density at radius 3 is 2.69 bits per heavy atom. The molecule has 1 aliphatic rings. The fourth-order valence-electron chi connectivity index (χ4n) is 1.81. The molecule has 0 saturated heterocycles. The quantitative estimate of drug-likeness (QED) is 0.711. The van der Waals surface area contributed by atoms with E-state index < -0.39 is 0 Å². The number of hydrogen-bond acceptors (Lipinski definition) is 3. The van der Waals surface area contributed by atoms with Crippen molar-refractivity contribution in [1.29, 1.82) is 0 Å². The lowest BCUT2D eigenvalue weighted by molar-refractivity contribution is -0.127. The Bertz CT molecular complexity index is 466. The van der Waals surface area contributed by atoms with Gasteiger partial charge in [0.2, 0.25) is 5.91 Å². The van der Waals surface area contributed by atoms with Crippen molar-refractivity contribution in [2.24, 2.45) is 5.73 Å². The van der Waals surface area contributed by atoms with Crippen molar-refractivity contribution in [3.05, 3.63) is 34.9 Å². The van der Waals surface area contributed by atoms with E-state index >= 15 is 0 Å². The third-order valence-electron chi connectivity index (χ3n) is 2.91. The largest absolute Gasteiger partial charge is 0.324 e. The van der Waals surface area contributed by atoms with E-state index in [9.17, 15) is 9.59 Å². The molecule has 0 aliphatic carbocycles. The Labute approximate surface area is 94.0 Å². The van der Waals surface area contributed by atoms with E-state index in [1.54, 1.807) is 6.07 Å². The van der Waals surface area contributed by atoms with Crippen LogP contribution in [0.2, 0.25) is 0 Å². The fourth-order valence-corrected chi connectivity index (χ4v) is 1.81. The highest BCUT2D eigenvalue weighted by atomic mass is 16.2. The molecule has 1 heterocycles. The molecule has 4 heteroatoms. The molecule has 2 N–H and O–H groups in total. The molecule has 0 spiro atoms. The van der Waals surface area contributed by atoms with Crippen LogP contribution in [0.5, 0.6) is 0 Å². The molecule has 2 amide bonds. The molecule has 1 atom stereocenters. The lowest BCUT2D eigenvalue weighted by atomic mass is 9.95. The van der Waals surface area contributed by atoms with Crippen molar-refractivity contribution in [3.8, 4) is 0 Å². The summed E-state index contributed by atoms with van der Waals surface area (Å²) in [6.07, 6.45) is 0.288. The molecule has 0 aromatic heterocycles. The summed E-state index contributed by atoms with van der Waals surface area (Å²) in [6.45, 7) is 1.86. The van der Waals surface area contributed by atoms with Gasteiger partial charge in [0.15, 0.2) is 0 Å². The summed E-state index contributed by atoms with van der Waals surface area (Å²) in [4.78, 5) is 24.5. The summed E-state index contributed by atoms with van der Waals surface area (Å²) < 4.78 is 0. The van der Waals surface area contributed by atoms with E-state index in [0.29, 0.717) is 5.56 Å². The first kappa shape index (κ1) is 10.8. The number of nitrogens with zero attached hydrogens (tertiary/aromatic N) is 1. The van der Waals surface area contributed by atoms with Gasteiger partial charge in [-0.15, -0.1) is 0 Å². The highest BCUT2D eigenvalue weighted by molar-refractivity contribution is 6.09. The van der Waals surface area contributed by atoms with Gasteiger partial charge in [-0.1, -0.05) is 12.1 Å². The molecule has 0 fully saturated rings. The van der Waals surface area contributed by atoms with Crippen LogP contribution < -0.4 is 5.73 Å². The summed E-state index contributed by atoms with van der Waals surface area (Å²) in [5, 5.41) is 0. The van der Waals surface area contributed by atoms with E-state index in [1.165, 1.54) is 7.05 Å². The predicted molar refractivity (Wildman–Crippen MR) is 59.8 cm³/mol. The van der Waals surface area contributed by atoms with Gasteiger partial charge in [0, 0.05) is 18.7 Å². The Morgan fingerprint density at radius 1 is 1.38 bits per heavy atom. The minimum atomic E-state index is -0.242. The molecule has 1 aromatic carbocycles. The lowest BCUT2D eigenvalue weighted by Gasteiger charge is -2.23. The molecule has 16 heavy (non-hydrogen) atoms. The number of hydrogen-bond donors (Lipinski definition) is 1. The van der Waals surface area contributed by atoms with Gasteiger partial charge in [-0.2, -0.15) is 0 Å². The van der Waals surface area contributed by atoms with Crippen LogP contribution in [0.3, 0.4) is 0 Å². The first-order valence-corrected chi connectivity index (χ1v) is 5.20. The topological polar surface area (TPSA) is 63.4 Å². The van der Waals surface area contributed by atoms with Crippen molar-refractivity contribution in [3.63, 3.8) is 0 Å². The number of rotatable bonds is 1. The smallest absolute Gasteiger partial charge is 0.260 e. The van der Waals surface area contributed by atoms with Gasteiger partial charge >= 0.3 is 0 Å². The minimum Gasteiger partial charge on any atom is -0.324 e. The van der Waals surface area contributed by atoms with Gasteiger partial charge in [0.1, 0.15) is 0 Å². The highest BCUT2D eigenvalue weighted by Crippen LogP contribution is 2.22. The first-order valence-electron chi connectivity index (χ1n) is 5.20. The monoisotopic (exact) mass is 218 g/mol. The summed E-state index contributed by atoms with van der Waals surface area (Å²) in [5.41, 5.74) is 8.06. The van der Waals surface area contributed by atoms with E-state index in [2.05, 4.69) is 0 Å². The molecule has 0 bridgehead atoms. The minimum absolute atomic E-state index is 0.110. The van der Waals surface area contributed by atoms with Crippen LogP contribution in [0.15, 0.2) is 18.2 Å². The Balaban J connectivity index is 2.51. The van der Waals surface area contributed by atoms with Crippen LogP contribution in [0.25, 0.3) is 0 Å². The van der Waals surface area contributed by atoms with Crippen LogP contribution in [0, 0.1) is 0 Å². The molecular formula is C12H14N2O2. The number of amides is 2. The number of carbonyl (C=O) groups excluding carboxylic acids is 2. The number of likely N-dealkylation sites (N-methyl/N-ethyl adjacent to an activating group) is 1. The van der Waals surface area contributed by atoms with Crippen LogP contribution in [-0.2, 0) is 11.2 Å². The Morgan fingerprint density at radius 2 is 2.06 bits per heavy atom. The summed E-state index contributed by atoms with van der Waals surface area (Å²) in [5.74, 6) is -0.403. The van der Waals surface area contributed by atoms with Gasteiger partial charge in [0.05, 0.1) is 6.42 Å². The normalized spacial score (nSPS) is 17.3. The zero-order chi connectivity index (χ0) is 11.9. The maximum Gasteiger partial charge on any atom is 0.260 e. The molecule has 84 valence electrons. The molecule has 0 radical (unpaired) electrons. The second-order valence-electron chi connectivity index (χ2n) is 4.14. The Kier molecular flexibility index (Phi) is 2.52. The van der Waals surface area contributed by atoms with Crippen LogP contribution in [0.4, 0.5) is 0 Å². The summed E-state index contributed by atoms with van der Waals surface area (Å²) in [7, 11) is 1.51. The van der Waals surface area contributed by atoms with Crippen LogP contribution in [0.1, 0.15) is 34.5 Å². The molecule has 1 unspecified atom stereocenters. The Hall–Kier alpha value is -1.68. The van der Waals surface area contributed by atoms with Gasteiger partial charge in [-0.25, -0.2) is 0 Å². The number of fused-ring (bicyclic) bond motifs is 1. The van der Waals surface area contributed by atoms with Crippen molar-refractivity contribution >= 4 is 11.8 Å². The number of benzene rings is 1. The third kappa shape index (κ3) is 1.61. The summed E-state index contributed by atoms with van der Waals surface area (Å²) >= 11 is 0. The van der Waals surface area contributed by atoms with Crippen molar-refractivity contribution in [1.82, 2.24) is 4.90 Å². The lowest BCUT2D eigenvalue weighted by Crippen LogP contribution is -2.39. The van der Waals surface area contributed by atoms with Gasteiger partial charge in [-0.3, -0.25) is 14.5 Å². The number of imide groups is 1. The standard InChI is InChI=1S/C12H14N2O2/c1-7(13)8-3-4-9-6-11(15)14(2)12(16)10(9)5-8/h3-5,7H,6,13H2,1-2H3. The average Bonchev–Trinajstić information content (AvgIpc) is 2.25. The first-order chi connectivity index (χ1) is 7.50. The SMILES string of the molecule is CC(N)c1ccc2c(c1)C(=O)N(C)C(=O)C2. The van der Waals surface area contributed by atoms with Crippen molar-refractivity contribution in [2.75, 3.05) is 7.05 Å². The maximum absolute atomic E-state index is 11.9. The second kappa shape index (κ2) is 3.72. The van der Waals surface area contributed by atoms with Gasteiger partial charge < -0.3 is 5.73 Å². The molecular weight excluding hydrogens is 204 g/mol. The molecule has 2 rings (SSSR count). The molecule has 0 saturated carbocycles. The van der Waals surface area contributed by atoms with Gasteiger partial charge in [0.25, 0.3) is 5.91 Å². The zero-order valence-corrected chi connectivity index (χ0v) is 9.36.